The predicted molar refractivity (Wildman–Crippen MR) is 95.0 cm³/mol. The Morgan fingerprint density at radius 1 is 1.38 bits per heavy atom. The zero-order valence-electron chi connectivity index (χ0n) is 14.5. The largest absolute Gasteiger partial charge is 0.477 e. The highest BCUT2D eigenvalue weighted by molar-refractivity contribution is 6.06. The molecule has 1 aromatic heterocycles. The van der Waals surface area contributed by atoms with E-state index in [9.17, 15) is 4.79 Å². The highest BCUT2D eigenvalue weighted by Gasteiger charge is 2.22. The van der Waals surface area contributed by atoms with E-state index in [4.69, 9.17) is 4.74 Å². The third-order valence-electron chi connectivity index (χ3n) is 4.38. The molecular weight excluding hydrogens is 304 g/mol. The van der Waals surface area contributed by atoms with E-state index in [0.717, 1.165) is 37.3 Å². The number of rotatable bonds is 5. The monoisotopic (exact) mass is 328 g/mol. The molecule has 128 valence electrons. The maximum absolute atomic E-state index is 12.6. The van der Waals surface area contributed by atoms with Gasteiger partial charge in [0.2, 0.25) is 5.88 Å². The van der Waals surface area contributed by atoms with Crippen LogP contribution in [-0.2, 0) is 6.54 Å². The summed E-state index contributed by atoms with van der Waals surface area (Å²) in [7, 11) is 0. The van der Waals surface area contributed by atoms with Gasteiger partial charge in [-0.25, -0.2) is 4.68 Å². The molecule has 0 unspecified atom stereocenters. The van der Waals surface area contributed by atoms with Gasteiger partial charge in [0.15, 0.2) is 0 Å². The van der Waals surface area contributed by atoms with E-state index in [1.165, 1.54) is 5.69 Å². The summed E-state index contributed by atoms with van der Waals surface area (Å²) in [5.74, 6) is 0.382. The second kappa shape index (κ2) is 6.95. The van der Waals surface area contributed by atoms with E-state index in [0.29, 0.717) is 18.1 Å². The van der Waals surface area contributed by atoms with Crippen LogP contribution in [0.2, 0.25) is 0 Å². The molecule has 0 radical (unpaired) electrons. The summed E-state index contributed by atoms with van der Waals surface area (Å²) >= 11 is 0. The maximum atomic E-state index is 12.6. The molecule has 2 aromatic rings. The fourth-order valence-corrected chi connectivity index (χ4v) is 2.99. The lowest BCUT2D eigenvalue weighted by Crippen LogP contribution is -2.22. The molecule has 1 aromatic carbocycles. The molecule has 1 aliphatic heterocycles. The van der Waals surface area contributed by atoms with Crippen molar-refractivity contribution < 1.29 is 9.53 Å². The van der Waals surface area contributed by atoms with E-state index in [1.807, 2.05) is 19.1 Å². The van der Waals surface area contributed by atoms with Crippen molar-refractivity contribution in [1.29, 1.82) is 0 Å². The second-order valence-electron chi connectivity index (χ2n) is 5.91. The van der Waals surface area contributed by atoms with Gasteiger partial charge in [0.05, 0.1) is 12.8 Å². The van der Waals surface area contributed by atoms with Crippen LogP contribution in [0, 0.1) is 6.92 Å². The van der Waals surface area contributed by atoms with E-state index in [1.54, 1.807) is 10.9 Å². The van der Waals surface area contributed by atoms with Crippen LogP contribution in [0.3, 0.4) is 0 Å². The summed E-state index contributed by atoms with van der Waals surface area (Å²) in [6.45, 7) is 9.62. The van der Waals surface area contributed by atoms with Crippen molar-refractivity contribution in [3.63, 3.8) is 0 Å². The number of benzene rings is 1. The molecule has 1 aliphatic rings. The molecule has 0 saturated carbocycles. The molecule has 0 spiro atoms. The van der Waals surface area contributed by atoms with Gasteiger partial charge in [0.1, 0.15) is 5.56 Å². The standard InChI is InChI=1S/C18H24N4O2/c1-4-21(5-2)14-7-8-16(13(3)11-14)20-17(23)15-12-19-22-9-6-10-24-18(15)22/h7-8,11-12H,4-6,9-10H2,1-3H3,(H,20,23). The smallest absolute Gasteiger partial charge is 0.262 e. The van der Waals surface area contributed by atoms with Crippen LogP contribution in [0.25, 0.3) is 0 Å². The summed E-state index contributed by atoms with van der Waals surface area (Å²) in [6.07, 6.45) is 2.50. The molecular formula is C18H24N4O2. The fraction of sp³-hybridized carbons (Fsp3) is 0.444. The Morgan fingerprint density at radius 3 is 2.88 bits per heavy atom. The first kappa shape index (κ1) is 16.4. The Labute approximate surface area is 142 Å². The lowest BCUT2D eigenvalue weighted by atomic mass is 10.1. The first-order chi connectivity index (χ1) is 11.6. The van der Waals surface area contributed by atoms with Crippen LogP contribution in [0.5, 0.6) is 5.88 Å². The number of fused-ring (bicyclic) bond motifs is 1. The van der Waals surface area contributed by atoms with Crippen molar-refractivity contribution in [2.75, 3.05) is 29.9 Å². The zero-order chi connectivity index (χ0) is 17.1. The zero-order valence-corrected chi connectivity index (χ0v) is 14.5. The van der Waals surface area contributed by atoms with Gasteiger partial charge in [-0.3, -0.25) is 4.79 Å². The SMILES string of the molecule is CCN(CC)c1ccc(NC(=O)c2cnn3c2OCCC3)c(C)c1. The van der Waals surface area contributed by atoms with Crippen molar-refractivity contribution in [1.82, 2.24) is 9.78 Å². The van der Waals surface area contributed by atoms with Crippen LogP contribution in [0.15, 0.2) is 24.4 Å². The van der Waals surface area contributed by atoms with Crippen molar-refractivity contribution in [2.45, 2.75) is 33.7 Å². The molecule has 1 N–H and O–H groups in total. The number of carbonyl (C=O) groups is 1. The molecule has 3 rings (SSSR count). The Bertz CT molecular complexity index is 735. The Hall–Kier alpha value is -2.50. The van der Waals surface area contributed by atoms with Crippen molar-refractivity contribution in [3.8, 4) is 5.88 Å². The van der Waals surface area contributed by atoms with Crippen LogP contribution in [-0.4, -0.2) is 35.4 Å². The summed E-state index contributed by atoms with van der Waals surface area (Å²) < 4.78 is 7.34. The number of hydrogen-bond donors (Lipinski definition) is 1. The average Bonchev–Trinajstić information content (AvgIpc) is 3.02. The molecule has 6 heteroatoms. The minimum Gasteiger partial charge on any atom is -0.477 e. The van der Waals surface area contributed by atoms with E-state index >= 15 is 0 Å². The van der Waals surface area contributed by atoms with Gasteiger partial charge in [-0.05, 0) is 44.5 Å². The predicted octanol–water partition coefficient (Wildman–Crippen LogP) is 3.07. The van der Waals surface area contributed by atoms with Crippen LogP contribution in [0.4, 0.5) is 11.4 Å². The quantitative estimate of drug-likeness (QED) is 0.916. The van der Waals surface area contributed by atoms with Gasteiger partial charge in [-0.2, -0.15) is 5.10 Å². The third-order valence-corrected chi connectivity index (χ3v) is 4.38. The number of hydrogen-bond acceptors (Lipinski definition) is 4. The lowest BCUT2D eigenvalue weighted by molar-refractivity contribution is 0.102. The number of carbonyl (C=O) groups excluding carboxylic acids is 1. The van der Waals surface area contributed by atoms with Gasteiger partial charge in [0, 0.05) is 37.4 Å². The van der Waals surface area contributed by atoms with Gasteiger partial charge >= 0.3 is 0 Å². The molecule has 0 atom stereocenters. The Kier molecular flexibility index (Phi) is 4.74. The molecule has 0 fully saturated rings. The number of anilines is 2. The first-order valence-electron chi connectivity index (χ1n) is 8.49. The highest BCUT2D eigenvalue weighted by atomic mass is 16.5. The van der Waals surface area contributed by atoms with E-state index in [-0.39, 0.29) is 5.91 Å². The minimum atomic E-state index is -0.183. The van der Waals surface area contributed by atoms with Crippen molar-refractivity contribution in [3.05, 3.63) is 35.5 Å². The molecule has 24 heavy (non-hydrogen) atoms. The molecule has 2 heterocycles. The highest BCUT2D eigenvalue weighted by Crippen LogP contribution is 2.26. The second-order valence-corrected chi connectivity index (χ2v) is 5.91. The van der Waals surface area contributed by atoms with E-state index in [2.05, 4.69) is 35.2 Å². The first-order valence-corrected chi connectivity index (χ1v) is 8.49. The van der Waals surface area contributed by atoms with Gasteiger partial charge < -0.3 is 15.0 Å². The van der Waals surface area contributed by atoms with Gasteiger partial charge in [-0.15, -0.1) is 0 Å². The topological polar surface area (TPSA) is 59.4 Å². The third kappa shape index (κ3) is 3.09. The average molecular weight is 328 g/mol. The summed E-state index contributed by atoms with van der Waals surface area (Å²) in [4.78, 5) is 14.9. The summed E-state index contributed by atoms with van der Waals surface area (Å²) in [6, 6.07) is 6.10. The summed E-state index contributed by atoms with van der Waals surface area (Å²) in [5, 5.41) is 7.20. The van der Waals surface area contributed by atoms with Crippen molar-refractivity contribution >= 4 is 17.3 Å². The number of nitrogens with zero attached hydrogens (tertiary/aromatic N) is 3. The normalized spacial score (nSPS) is 13.1. The maximum Gasteiger partial charge on any atom is 0.262 e. The van der Waals surface area contributed by atoms with E-state index < -0.39 is 0 Å². The Morgan fingerprint density at radius 2 is 2.17 bits per heavy atom. The Balaban J connectivity index is 1.78. The number of amides is 1. The summed E-state index contributed by atoms with van der Waals surface area (Å²) in [5.41, 5.74) is 3.50. The molecule has 0 saturated heterocycles. The molecule has 1 amide bonds. The van der Waals surface area contributed by atoms with Crippen molar-refractivity contribution in [2.24, 2.45) is 0 Å². The number of aryl methyl sites for hydroxylation is 2. The molecule has 0 bridgehead atoms. The van der Waals surface area contributed by atoms with Crippen LogP contribution >= 0.6 is 0 Å². The lowest BCUT2D eigenvalue weighted by Gasteiger charge is -2.22. The molecule has 0 aliphatic carbocycles. The number of ether oxygens (including phenoxy) is 1. The minimum absolute atomic E-state index is 0.183. The van der Waals surface area contributed by atoms with Crippen LogP contribution in [0.1, 0.15) is 36.2 Å². The molecule has 6 nitrogen and oxygen atoms in total. The fourth-order valence-electron chi connectivity index (χ4n) is 2.99. The number of aromatic nitrogens is 2. The van der Waals surface area contributed by atoms with Crippen LogP contribution < -0.4 is 15.0 Å². The number of nitrogens with one attached hydrogen (secondary N) is 1. The van der Waals surface area contributed by atoms with Gasteiger partial charge in [0.25, 0.3) is 5.91 Å². The van der Waals surface area contributed by atoms with Gasteiger partial charge in [-0.1, -0.05) is 0 Å².